The maximum absolute atomic E-state index is 13.1. The molecule has 0 amide bonds. The first-order valence-electron chi connectivity index (χ1n) is 24.3. The molecule has 6 aliphatic rings. The number of hydrogen-bond acceptors (Lipinski definition) is 6. The highest BCUT2D eigenvalue weighted by molar-refractivity contribution is 5.62. The van der Waals surface area contributed by atoms with Crippen LogP contribution in [-0.2, 0) is 32.1 Å². The molecular formula is C58H69F5N6. The van der Waals surface area contributed by atoms with Gasteiger partial charge in [0.05, 0.1) is 0 Å². The second kappa shape index (κ2) is 22.5. The molecule has 6 aliphatic heterocycles. The third-order valence-electron chi connectivity index (χ3n) is 14.1. The first-order chi connectivity index (χ1) is 33.0. The fraction of sp³-hybridized carbons (Fsp3) is 0.379. The molecule has 1 atom stereocenters. The third-order valence-corrected chi connectivity index (χ3v) is 14.1. The molecule has 366 valence electrons. The van der Waals surface area contributed by atoms with Crippen LogP contribution in [0, 0.1) is 42.9 Å². The van der Waals surface area contributed by atoms with Crippen LogP contribution in [0.25, 0.3) is 0 Å². The number of benzene rings is 6. The third kappa shape index (κ3) is 12.3. The number of halogens is 5. The molecule has 6 aromatic carbocycles. The maximum atomic E-state index is 13.1. The van der Waals surface area contributed by atoms with Crippen LogP contribution in [0.5, 0.6) is 0 Å². The zero-order valence-corrected chi connectivity index (χ0v) is 42.0. The van der Waals surface area contributed by atoms with Gasteiger partial charge in [-0.15, -0.1) is 0 Å². The van der Waals surface area contributed by atoms with Crippen molar-refractivity contribution in [1.29, 1.82) is 0 Å². The number of hydrogen-bond donors (Lipinski definition) is 0. The van der Waals surface area contributed by atoms with Gasteiger partial charge in [-0.05, 0) is 146 Å². The Balaban J connectivity index is 0.000000122. The minimum absolute atomic E-state index is 0.0949. The van der Waals surface area contributed by atoms with Crippen molar-refractivity contribution in [2.45, 2.75) is 65.2 Å². The van der Waals surface area contributed by atoms with Crippen molar-refractivity contribution in [2.75, 3.05) is 111 Å². The van der Waals surface area contributed by atoms with Gasteiger partial charge in [0.1, 0.15) is 17.5 Å². The van der Waals surface area contributed by atoms with Crippen LogP contribution in [0.1, 0.15) is 63.8 Å². The number of anilines is 6. The average Bonchev–Trinajstić information content (AvgIpc) is 4.14. The minimum atomic E-state index is -0.762. The molecule has 0 radical (unpaired) electrons. The molecule has 12 rings (SSSR count). The lowest BCUT2D eigenvalue weighted by Gasteiger charge is -2.27. The van der Waals surface area contributed by atoms with Crippen molar-refractivity contribution in [2.24, 2.45) is 0 Å². The first kappa shape index (κ1) is 50.6. The molecule has 0 saturated carbocycles. The molecule has 0 saturated heterocycles. The van der Waals surface area contributed by atoms with E-state index in [0.29, 0.717) is 5.92 Å². The molecule has 0 bridgehead atoms. The summed E-state index contributed by atoms with van der Waals surface area (Å²) in [7, 11) is 12.2. The number of aryl methyl sites for hydroxylation is 3. The lowest BCUT2D eigenvalue weighted by atomic mass is 10.0. The van der Waals surface area contributed by atoms with E-state index in [9.17, 15) is 22.0 Å². The SMILES string of the molecule is CC1CN(C)c2ccccc21.CN1CCc2cc(F)c(F)cc21.CN1CCc2cc(F)ccc21.CN1CCc2ccc(F)cc21.Cc1cc2c(cc1F)N(C)CC2.Cc1ccc2c(c1)CCCN2C. The molecule has 0 aliphatic carbocycles. The predicted molar refractivity (Wildman–Crippen MR) is 279 cm³/mol. The maximum Gasteiger partial charge on any atom is 0.160 e. The summed E-state index contributed by atoms with van der Waals surface area (Å²) in [4.78, 5) is 12.9. The van der Waals surface area contributed by atoms with E-state index in [4.69, 9.17) is 0 Å². The molecule has 0 N–H and O–H groups in total. The second-order valence-corrected chi connectivity index (χ2v) is 19.4. The van der Waals surface area contributed by atoms with E-state index in [1.807, 2.05) is 58.2 Å². The highest BCUT2D eigenvalue weighted by atomic mass is 19.2. The Bertz CT molecular complexity index is 2630. The molecule has 6 aromatic rings. The molecular weight excluding hydrogens is 876 g/mol. The van der Waals surface area contributed by atoms with Crippen molar-refractivity contribution in [3.8, 4) is 0 Å². The summed E-state index contributed by atoms with van der Waals surface area (Å²) >= 11 is 0. The fourth-order valence-electron chi connectivity index (χ4n) is 10.1. The minimum Gasteiger partial charge on any atom is -0.374 e. The van der Waals surface area contributed by atoms with Crippen LogP contribution in [-0.4, -0.2) is 81.6 Å². The van der Waals surface area contributed by atoms with Gasteiger partial charge in [-0.25, -0.2) is 22.0 Å². The lowest BCUT2D eigenvalue weighted by Crippen LogP contribution is -2.24. The van der Waals surface area contributed by atoms with Crippen molar-refractivity contribution >= 4 is 34.1 Å². The molecule has 6 nitrogen and oxygen atoms in total. The fourth-order valence-corrected chi connectivity index (χ4v) is 10.1. The van der Waals surface area contributed by atoms with Gasteiger partial charge in [0, 0.05) is 128 Å². The predicted octanol–water partition coefficient (Wildman–Crippen LogP) is 12.3. The topological polar surface area (TPSA) is 19.4 Å². The number of para-hydroxylation sites is 1. The van der Waals surface area contributed by atoms with Gasteiger partial charge in [-0.1, -0.05) is 55.0 Å². The molecule has 1 unspecified atom stereocenters. The smallest absolute Gasteiger partial charge is 0.160 e. The van der Waals surface area contributed by atoms with E-state index >= 15 is 0 Å². The number of likely N-dealkylation sites (N-methyl/N-ethyl adjacent to an activating group) is 5. The normalized spacial score (nSPS) is 16.4. The van der Waals surface area contributed by atoms with Crippen LogP contribution in [0.3, 0.4) is 0 Å². The first-order valence-corrected chi connectivity index (χ1v) is 24.3. The van der Waals surface area contributed by atoms with E-state index < -0.39 is 11.6 Å². The van der Waals surface area contributed by atoms with Crippen molar-refractivity contribution in [3.05, 3.63) is 177 Å². The highest BCUT2D eigenvalue weighted by Gasteiger charge is 2.22. The van der Waals surface area contributed by atoms with Crippen molar-refractivity contribution in [1.82, 2.24) is 0 Å². The van der Waals surface area contributed by atoms with Crippen LogP contribution in [0.15, 0.2) is 103 Å². The van der Waals surface area contributed by atoms with E-state index in [0.717, 1.165) is 85.6 Å². The van der Waals surface area contributed by atoms with Crippen LogP contribution in [0.4, 0.5) is 56.1 Å². The molecule has 69 heavy (non-hydrogen) atoms. The highest BCUT2D eigenvalue weighted by Crippen LogP contribution is 2.35. The number of rotatable bonds is 0. The zero-order chi connectivity index (χ0) is 49.5. The monoisotopic (exact) mass is 945 g/mol. The molecule has 0 spiro atoms. The molecule has 6 heterocycles. The average molecular weight is 945 g/mol. The summed E-state index contributed by atoms with van der Waals surface area (Å²) in [6, 6.07) is 31.5. The zero-order valence-electron chi connectivity index (χ0n) is 42.0. The Morgan fingerprint density at radius 2 is 0.870 bits per heavy atom. The van der Waals surface area contributed by atoms with Crippen molar-refractivity contribution in [3.63, 3.8) is 0 Å². The van der Waals surface area contributed by atoms with Gasteiger partial charge in [0.2, 0.25) is 0 Å². The number of fused-ring (bicyclic) bond motifs is 6. The van der Waals surface area contributed by atoms with Gasteiger partial charge in [-0.3, -0.25) is 0 Å². The van der Waals surface area contributed by atoms with Gasteiger partial charge in [0.15, 0.2) is 11.6 Å². The van der Waals surface area contributed by atoms with E-state index in [1.165, 1.54) is 95.1 Å². The van der Waals surface area contributed by atoms with Crippen LogP contribution >= 0.6 is 0 Å². The summed E-state index contributed by atoms with van der Waals surface area (Å²) in [5.41, 5.74) is 16.6. The van der Waals surface area contributed by atoms with Crippen LogP contribution in [0.2, 0.25) is 0 Å². The lowest BCUT2D eigenvalue weighted by molar-refractivity contribution is 0.508. The molecule has 11 heteroatoms. The summed E-state index contributed by atoms with van der Waals surface area (Å²) in [6.45, 7) is 12.5. The van der Waals surface area contributed by atoms with Gasteiger partial charge in [0.25, 0.3) is 0 Å². The van der Waals surface area contributed by atoms with Crippen molar-refractivity contribution < 1.29 is 22.0 Å². The van der Waals surface area contributed by atoms with Gasteiger partial charge in [-0.2, -0.15) is 0 Å². The quantitative estimate of drug-likeness (QED) is 0.140. The van der Waals surface area contributed by atoms with Gasteiger partial charge < -0.3 is 29.4 Å². The second-order valence-electron chi connectivity index (χ2n) is 19.4. The standard InChI is InChI=1S/C11H15N.C10H12FN.C10H13N.C9H9F2N.2C9H10FN/c1-9-5-6-11-10(8-9)4-3-7-12(11)2;1-7-5-8-3-4-12(2)10(8)6-9(7)11;1-8-7-11(2)10-6-4-3-5-9(8)10;1-12-3-2-6-4-7(10)8(11)5-9(6)12;1-11-5-4-7-6-8(10)2-3-9(7)11;1-11-5-4-7-2-3-8(10)6-9(7)11/h5-6,8H,3-4,7H2,1-2H3;5-6H,3-4H2,1-2H3;3-6,8H,7H2,1-2H3;4-5H,2-3H2,1H3;2*2-3,6H,4-5H2,1H3. The molecule has 0 aromatic heterocycles. The Labute approximate surface area is 407 Å². The summed E-state index contributed by atoms with van der Waals surface area (Å²) in [6.07, 6.45) is 6.43. The largest absolute Gasteiger partial charge is 0.374 e. The van der Waals surface area contributed by atoms with E-state index in [2.05, 4.69) is 94.9 Å². The Morgan fingerprint density at radius 3 is 1.52 bits per heavy atom. The Hall–Kier alpha value is -6.23. The van der Waals surface area contributed by atoms with E-state index in [1.54, 1.807) is 18.2 Å². The molecule has 0 fully saturated rings. The Morgan fingerprint density at radius 1 is 0.391 bits per heavy atom. The van der Waals surface area contributed by atoms with Crippen LogP contribution < -0.4 is 29.4 Å². The summed E-state index contributed by atoms with van der Waals surface area (Å²) in [5, 5.41) is 0. The Kier molecular flexibility index (Phi) is 16.5. The summed E-state index contributed by atoms with van der Waals surface area (Å²) in [5.74, 6) is -1.16. The summed E-state index contributed by atoms with van der Waals surface area (Å²) < 4.78 is 64.0. The number of nitrogens with zero attached hydrogens (tertiary/aromatic N) is 6. The van der Waals surface area contributed by atoms with Gasteiger partial charge >= 0.3 is 0 Å². The van der Waals surface area contributed by atoms with E-state index in [-0.39, 0.29) is 17.5 Å².